The largest absolute Gasteiger partial charge is 0.456 e. The zero-order chi connectivity index (χ0) is 19.4. The fourth-order valence-electron chi connectivity index (χ4n) is 2.45. The topological polar surface area (TPSA) is 95.7 Å². The van der Waals surface area contributed by atoms with E-state index in [1.54, 1.807) is 13.0 Å². The Kier molecular flexibility index (Phi) is 9.77. The predicted molar refractivity (Wildman–Crippen MR) is 95.6 cm³/mol. The summed E-state index contributed by atoms with van der Waals surface area (Å²) in [4.78, 5) is 33.4. The molecular weight excluding hydrogens is 338 g/mol. The minimum Gasteiger partial charge on any atom is -0.456 e. The number of rotatable bonds is 8. The molecule has 0 aliphatic heterocycles. The molecule has 0 fully saturated rings. The maximum atomic E-state index is 11.8. The summed E-state index contributed by atoms with van der Waals surface area (Å²) < 4.78 is 9.95. The number of esters is 2. The Morgan fingerprint density at radius 1 is 1.50 bits per heavy atom. The van der Waals surface area contributed by atoms with Crippen molar-refractivity contribution >= 4 is 11.9 Å². The van der Waals surface area contributed by atoms with Gasteiger partial charge in [-0.2, -0.15) is 0 Å². The molecule has 7 nitrogen and oxygen atoms in total. The van der Waals surface area contributed by atoms with Crippen LogP contribution in [0.15, 0.2) is 23.8 Å². The molecule has 1 rings (SSSR count). The second-order valence-corrected chi connectivity index (χ2v) is 6.11. The third kappa shape index (κ3) is 9.62. The zero-order valence-electron chi connectivity index (χ0n) is 15.2. The van der Waals surface area contributed by atoms with Gasteiger partial charge in [-0.25, -0.2) is 9.59 Å². The lowest BCUT2D eigenvalue weighted by molar-refractivity contribution is -0.488. The Balaban J connectivity index is 2.41. The van der Waals surface area contributed by atoms with E-state index >= 15 is 0 Å². The Morgan fingerprint density at radius 3 is 2.96 bits per heavy atom. The molecule has 1 aliphatic rings. The molecule has 0 heterocycles. The molecule has 0 aromatic rings. The van der Waals surface area contributed by atoms with E-state index in [4.69, 9.17) is 9.47 Å². The smallest absolute Gasteiger partial charge is 0.384 e. The minimum absolute atomic E-state index is 0.00539. The van der Waals surface area contributed by atoms with Gasteiger partial charge in [-0.15, -0.1) is 0 Å². The molecule has 26 heavy (non-hydrogen) atoms. The molecule has 1 aliphatic carbocycles. The second kappa shape index (κ2) is 11.9. The Labute approximate surface area is 153 Å². The predicted octanol–water partition coefficient (Wildman–Crippen LogP) is 2.82. The lowest BCUT2D eigenvalue weighted by Gasteiger charge is -2.17. The molecule has 0 aromatic carbocycles. The number of nitrogens with zero attached hydrogens (tertiary/aromatic N) is 1. The van der Waals surface area contributed by atoms with Crippen molar-refractivity contribution in [3.63, 3.8) is 0 Å². The van der Waals surface area contributed by atoms with E-state index in [9.17, 15) is 19.7 Å². The molecule has 0 spiro atoms. The summed E-state index contributed by atoms with van der Waals surface area (Å²) in [5.74, 6) is 3.58. The van der Waals surface area contributed by atoms with Crippen molar-refractivity contribution in [2.24, 2.45) is 5.92 Å². The standard InChI is InChI=1S/C19H25NO6/c1-3-4-12-25-18(21)10-8-15(2)26-19(22)11-9-16-6-5-7-17(13-16)14-20(23)24/h6,9,11,15,17H,3-5,7,12-14H2,1-2H3/b11-9+/t15-,17?/m1/s1. The van der Waals surface area contributed by atoms with Crippen LogP contribution in [0.4, 0.5) is 0 Å². The highest BCUT2D eigenvalue weighted by atomic mass is 16.6. The van der Waals surface area contributed by atoms with Gasteiger partial charge in [0.1, 0.15) is 0 Å². The zero-order valence-corrected chi connectivity index (χ0v) is 15.2. The monoisotopic (exact) mass is 363 g/mol. The molecule has 0 radical (unpaired) electrons. The summed E-state index contributed by atoms with van der Waals surface area (Å²) in [6, 6.07) is 0. The fraction of sp³-hybridized carbons (Fsp3) is 0.579. The summed E-state index contributed by atoms with van der Waals surface area (Å²) in [5, 5.41) is 10.6. The quantitative estimate of drug-likeness (QED) is 0.125. The third-order valence-electron chi connectivity index (χ3n) is 3.75. The Bertz CT molecular complexity index is 626. The Hall–Kier alpha value is -2.62. The van der Waals surface area contributed by atoms with Gasteiger partial charge in [0.2, 0.25) is 6.54 Å². The van der Waals surface area contributed by atoms with Crippen LogP contribution in [-0.2, 0) is 19.1 Å². The number of carbonyl (C=O) groups excluding carboxylic acids is 2. The first kappa shape index (κ1) is 21.4. The SMILES string of the molecule is CCCCOC(=O)C#C[C@@H](C)OC(=O)/C=C/C1=CCCC(C[N+](=O)[O-])C1. The van der Waals surface area contributed by atoms with Crippen LogP contribution in [0, 0.1) is 27.9 Å². The first-order chi connectivity index (χ1) is 12.4. The first-order valence-electron chi connectivity index (χ1n) is 8.78. The molecule has 0 amide bonds. The molecule has 0 N–H and O–H groups in total. The fourth-order valence-corrected chi connectivity index (χ4v) is 2.45. The minimum atomic E-state index is -0.742. The molecule has 0 aromatic heterocycles. The maximum absolute atomic E-state index is 11.8. The lowest BCUT2D eigenvalue weighted by atomic mass is 9.89. The van der Waals surface area contributed by atoms with Crippen LogP contribution in [0.25, 0.3) is 0 Å². The van der Waals surface area contributed by atoms with E-state index in [0.717, 1.165) is 31.3 Å². The van der Waals surface area contributed by atoms with Crippen LogP contribution in [-0.4, -0.2) is 36.1 Å². The molecule has 7 heteroatoms. The highest BCUT2D eigenvalue weighted by Gasteiger charge is 2.19. The maximum Gasteiger partial charge on any atom is 0.384 e. The van der Waals surface area contributed by atoms with Crippen molar-refractivity contribution in [2.75, 3.05) is 13.2 Å². The van der Waals surface area contributed by atoms with Gasteiger partial charge in [0.05, 0.1) is 6.61 Å². The van der Waals surface area contributed by atoms with Gasteiger partial charge in [0.15, 0.2) is 6.10 Å². The van der Waals surface area contributed by atoms with Crippen LogP contribution >= 0.6 is 0 Å². The number of ether oxygens (including phenoxy) is 2. The van der Waals surface area contributed by atoms with E-state index in [0.29, 0.717) is 13.0 Å². The van der Waals surface area contributed by atoms with Crippen molar-refractivity contribution in [1.29, 1.82) is 0 Å². The number of unbranched alkanes of at least 4 members (excludes halogenated alkanes) is 1. The van der Waals surface area contributed by atoms with Gasteiger partial charge >= 0.3 is 11.9 Å². The molecule has 0 saturated carbocycles. The number of hydrogen-bond acceptors (Lipinski definition) is 6. The molecular formula is C19H25NO6. The van der Waals surface area contributed by atoms with Gasteiger partial charge in [0.25, 0.3) is 0 Å². The summed E-state index contributed by atoms with van der Waals surface area (Å²) in [5.41, 5.74) is 0.887. The normalized spacial score (nSPS) is 17.6. The van der Waals surface area contributed by atoms with Crippen molar-refractivity contribution in [2.45, 2.75) is 52.1 Å². The van der Waals surface area contributed by atoms with Crippen LogP contribution in [0.3, 0.4) is 0 Å². The summed E-state index contributed by atoms with van der Waals surface area (Å²) >= 11 is 0. The van der Waals surface area contributed by atoms with Crippen molar-refractivity contribution < 1.29 is 24.0 Å². The lowest BCUT2D eigenvalue weighted by Crippen LogP contribution is -2.17. The van der Waals surface area contributed by atoms with E-state index < -0.39 is 18.0 Å². The molecule has 142 valence electrons. The van der Waals surface area contributed by atoms with Gasteiger partial charge in [-0.1, -0.05) is 31.1 Å². The highest BCUT2D eigenvalue weighted by molar-refractivity contribution is 5.88. The number of allylic oxidation sites excluding steroid dienone is 3. The summed E-state index contributed by atoms with van der Waals surface area (Å²) in [7, 11) is 0. The number of nitro groups is 1. The van der Waals surface area contributed by atoms with Crippen LogP contribution in [0.1, 0.15) is 46.0 Å². The van der Waals surface area contributed by atoms with Crippen molar-refractivity contribution in [1.82, 2.24) is 0 Å². The number of carbonyl (C=O) groups is 2. The number of hydrogen-bond donors (Lipinski definition) is 0. The molecule has 1 unspecified atom stereocenters. The Morgan fingerprint density at radius 2 is 2.27 bits per heavy atom. The third-order valence-corrected chi connectivity index (χ3v) is 3.75. The summed E-state index contributed by atoms with van der Waals surface area (Å²) in [6.45, 7) is 3.82. The van der Waals surface area contributed by atoms with Crippen LogP contribution < -0.4 is 0 Å². The van der Waals surface area contributed by atoms with Gasteiger partial charge < -0.3 is 9.47 Å². The van der Waals surface area contributed by atoms with Crippen molar-refractivity contribution in [3.05, 3.63) is 33.9 Å². The van der Waals surface area contributed by atoms with E-state index in [-0.39, 0.29) is 17.4 Å². The average molecular weight is 363 g/mol. The second-order valence-electron chi connectivity index (χ2n) is 6.11. The highest BCUT2D eigenvalue weighted by Crippen LogP contribution is 2.24. The van der Waals surface area contributed by atoms with Gasteiger partial charge in [-0.05, 0) is 38.5 Å². The van der Waals surface area contributed by atoms with Crippen LogP contribution in [0.5, 0.6) is 0 Å². The molecule has 2 atom stereocenters. The van der Waals surface area contributed by atoms with Gasteiger partial charge in [0, 0.05) is 22.8 Å². The molecule has 0 saturated heterocycles. The first-order valence-corrected chi connectivity index (χ1v) is 8.78. The van der Waals surface area contributed by atoms with E-state index in [1.165, 1.54) is 6.08 Å². The van der Waals surface area contributed by atoms with Crippen molar-refractivity contribution in [3.8, 4) is 11.8 Å². The molecule has 0 bridgehead atoms. The van der Waals surface area contributed by atoms with Crippen LogP contribution in [0.2, 0.25) is 0 Å². The van der Waals surface area contributed by atoms with E-state index in [1.807, 2.05) is 13.0 Å². The van der Waals surface area contributed by atoms with E-state index in [2.05, 4.69) is 11.8 Å². The summed E-state index contributed by atoms with van der Waals surface area (Å²) in [6.07, 6.45) is 7.93. The average Bonchev–Trinajstić information content (AvgIpc) is 2.58. The van der Waals surface area contributed by atoms with Gasteiger partial charge in [-0.3, -0.25) is 10.1 Å².